The number of fused-ring (bicyclic) bond motifs is 2. The van der Waals surface area contributed by atoms with Crippen LogP contribution in [0.5, 0.6) is 6.01 Å². The zero-order chi connectivity index (χ0) is 14.8. The molecule has 6 nitrogen and oxygen atoms in total. The quantitative estimate of drug-likeness (QED) is 0.839. The van der Waals surface area contributed by atoms with Gasteiger partial charge >= 0.3 is 6.01 Å². The largest absolute Gasteiger partial charge is 0.464 e. The van der Waals surface area contributed by atoms with Gasteiger partial charge in [0.1, 0.15) is 0 Å². The van der Waals surface area contributed by atoms with E-state index in [1.807, 2.05) is 6.92 Å². The lowest BCUT2D eigenvalue weighted by Crippen LogP contribution is -2.30. The van der Waals surface area contributed by atoms with Crippen molar-refractivity contribution in [2.24, 2.45) is 17.8 Å². The minimum absolute atomic E-state index is 0.375. The molecule has 2 bridgehead atoms. The normalized spacial score (nSPS) is 28.4. The Kier molecular flexibility index (Phi) is 4.12. The molecule has 4 atom stereocenters. The predicted molar refractivity (Wildman–Crippen MR) is 82.6 cm³/mol. The summed E-state index contributed by atoms with van der Waals surface area (Å²) in [5, 5.41) is 6.41. The molecule has 6 heteroatoms. The fourth-order valence-corrected chi connectivity index (χ4v) is 3.94. The molecule has 2 aliphatic carbocycles. The van der Waals surface area contributed by atoms with Crippen molar-refractivity contribution in [1.29, 1.82) is 0 Å². The Hall–Kier alpha value is -1.59. The molecule has 0 radical (unpaired) electrons. The first-order valence-corrected chi connectivity index (χ1v) is 8.02. The Morgan fingerprint density at radius 3 is 2.62 bits per heavy atom. The van der Waals surface area contributed by atoms with Crippen molar-refractivity contribution >= 4 is 11.9 Å². The third-order valence-corrected chi connectivity index (χ3v) is 4.90. The molecule has 0 aliphatic heterocycles. The van der Waals surface area contributed by atoms with Crippen LogP contribution < -0.4 is 15.4 Å². The lowest BCUT2D eigenvalue weighted by atomic mass is 9.84. The van der Waals surface area contributed by atoms with Gasteiger partial charge in [-0.05, 0) is 50.9 Å². The molecule has 3 rings (SSSR count). The highest BCUT2D eigenvalue weighted by Gasteiger charge is 2.41. The van der Waals surface area contributed by atoms with Crippen LogP contribution in [0.2, 0.25) is 0 Å². The summed E-state index contributed by atoms with van der Waals surface area (Å²) < 4.78 is 5.40. The van der Waals surface area contributed by atoms with Crippen molar-refractivity contribution in [2.45, 2.75) is 45.6 Å². The first-order valence-electron chi connectivity index (χ1n) is 8.02. The molecule has 21 heavy (non-hydrogen) atoms. The zero-order valence-corrected chi connectivity index (χ0v) is 13.1. The molecule has 1 heterocycles. The maximum atomic E-state index is 5.40. The van der Waals surface area contributed by atoms with Gasteiger partial charge in [0.25, 0.3) is 0 Å². The average molecular weight is 291 g/mol. The van der Waals surface area contributed by atoms with E-state index in [9.17, 15) is 0 Å². The van der Waals surface area contributed by atoms with E-state index in [1.165, 1.54) is 25.7 Å². The van der Waals surface area contributed by atoms with Crippen LogP contribution in [0.25, 0.3) is 0 Å². The van der Waals surface area contributed by atoms with Crippen LogP contribution in [0.1, 0.15) is 39.5 Å². The molecular formula is C15H25N5O. The highest BCUT2D eigenvalue weighted by molar-refractivity contribution is 5.36. The Morgan fingerprint density at radius 2 is 2.00 bits per heavy atom. The minimum Gasteiger partial charge on any atom is -0.464 e. The van der Waals surface area contributed by atoms with Gasteiger partial charge in [0, 0.05) is 13.1 Å². The highest BCUT2D eigenvalue weighted by atomic mass is 16.5. The number of anilines is 2. The van der Waals surface area contributed by atoms with Crippen LogP contribution in [-0.4, -0.2) is 34.6 Å². The van der Waals surface area contributed by atoms with E-state index in [-0.39, 0.29) is 0 Å². The van der Waals surface area contributed by atoms with Gasteiger partial charge in [0.2, 0.25) is 11.9 Å². The van der Waals surface area contributed by atoms with Crippen molar-refractivity contribution < 1.29 is 4.74 Å². The van der Waals surface area contributed by atoms with E-state index in [2.05, 4.69) is 32.5 Å². The standard InChI is InChI=1S/C15H25N5O/c1-4-21-15-19-13(16-3)18-14(20-15)17-9(2)12-8-10-5-6-11(12)7-10/h9-12H,4-8H2,1-3H3,(H2,16,17,18,19,20). The third-order valence-electron chi connectivity index (χ3n) is 4.90. The first-order chi connectivity index (χ1) is 10.2. The van der Waals surface area contributed by atoms with Crippen LogP contribution in [0.4, 0.5) is 11.9 Å². The van der Waals surface area contributed by atoms with Crippen molar-refractivity contribution in [3.8, 4) is 6.01 Å². The number of ether oxygens (including phenoxy) is 1. The Bertz CT molecular complexity index is 495. The van der Waals surface area contributed by atoms with Gasteiger partial charge in [-0.2, -0.15) is 15.0 Å². The van der Waals surface area contributed by atoms with E-state index in [0.29, 0.717) is 30.6 Å². The van der Waals surface area contributed by atoms with Crippen molar-refractivity contribution in [2.75, 3.05) is 24.3 Å². The molecule has 2 N–H and O–H groups in total. The maximum absolute atomic E-state index is 5.40. The number of hydrogen-bond acceptors (Lipinski definition) is 6. The van der Waals surface area contributed by atoms with Gasteiger partial charge in [0.05, 0.1) is 6.61 Å². The van der Waals surface area contributed by atoms with Gasteiger partial charge in [-0.1, -0.05) is 6.42 Å². The molecule has 0 saturated heterocycles. The van der Waals surface area contributed by atoms with E-state index in [0.717, 1.165) is 17.8 Å². The van der Waals surface area contributed by atoms with Gasteiger partial charge in [-0.3, -0.25) is 0 Å². The fourth-order valence-electron chi connectivity index (χ4n) is 3.94. The van der Waals surface area contributed by atoms with Crippen molar-refractivity contribution in [1.82, 2.24) is 15.0 Å². The first kappa shape index (κ1) is 14.4. The van der Waals surface area contributed by atoms with E-state index >= 15 is 0 Å². The topological polar surface area (TPSA) is 72.0 Å². The second kappa shape index (κ2) is 6.03. The Morgan fingerprint density at radius 1 is 1.19 bits per heavy atom. The van der Waals surface area contributed by atoms with E-state index in [1.54, 1.807) is 7.05 Å². The minimum atomic E-state index is 0.375. The van der Waals surface area contributed by atoms with Gasteiger partial charge in [-0.25, -0.2) is 0 Å². The van der Waals surface area contributed by atoms with Crippen molar-refractivity contribution in [3.63, 3.8) is 0 Å². The smallest absolute Gasteiger partial charge is 0.323 e. The fraction of sp³-hybridized carbons (Fsp3) is 0.800. The molecule has 1 aromatic heterocycles. The summed E-state index contributed by atoms with van der Waals surface area (Å²) in [7, 11) is 1.80. The summed E-state index contributed by atoms with van der Waals surface area (Å²) in [4.78, 5) is 12.9. The number of nitrogens with zero attached hydrogens (tertiary/aromatic N) is 3. The molecule has 116 valence electrons. The van der Waals surface area contributed by atoms with E-state index in [4.69, 9.17) is 4.74 Å². The van der Waals surface area contributed by atoms with Crippen LogP contribution >= 0.6 is 0 Å². The van der Waals surface area contributed by atoms with Gasteiger partial charge in [-0.15, -0.1) is 0 Å². The summed E-state index contributed by atoms with van der Waals surface area (Å²) in [5.41, 5.74) is 0. The second-order valence-corrected chi connectivity index (χ2v) is 6.22. The lowest BCUT2D eigenvalue weighted by Gasteiger charge is -2.28. The van der Waals surface area contributed by atoms with Crippen LogP contribution in [-0.2, 0) is 0 Å². The number of rotatable bonds is 6. The summed E-state index contributed by atoms with van der Waals surface area (Å²) in [6, 6.07) is 0.765. The van der Waals surface area contributed by atoms with E-state index < -0.39 is 0 Å². The number of nitrogens with one attached hydrogen (secondary N) is 2. The van der Waals surface area contributed by atoms with Crippen molar-refractivity contribution in [3.05, 3.63) is 0 Å². The van der Waals surface area contributed by atoms with Crippen LogP contribution in [0, 0.1) is 17.8 Å². The molecular weight excluding hydrogens is 266 g/mol. The molecule has 0 amide bonds. The molecule has 1 aromatic rings. The second-order valence-electron chi connectivity index (χ2n) is 6.22. The van der Waals surface area contributed by atoms with Gasteiger partial charge in [0.15, 0.2) is 0 Å². The average Bonchev–Trinajstić information content (AvgIpc) is 3.10. The summed E-state index contributed by atoms with van der Waals surface area (Å²) in [6.45, 7) is 4.72. The predicted octanol–water partition coefficient (Wildman–Crippen LogP) is 2.55. The molecule has 2 fully saturated rings. The molecule has 0 spiro atoms. The molecule has 4 unspecified atom stereocenters. The monoisotopic (exact) mass is 291 g/mol. The number of aromatic nitrogens is 3. The number of hydrogen-bond donors (Lipinski definition) is 2. The zero-order valence-electron chi connectivity index (χ0n) is 13.1. The van der Waals surface area contributed by atoms with Crippen LogP contribution in [0.3, 0.4) is 0 Å². The molecule has 2 aliphatic rings. The molecule has 2 saturated carbocycles. The van der Waals surface area contributed by atoms with Gasteiger partial charge < -0.3 is 15.4 Å². The summed E-state index contributed by atoms with van der Waals surface area (Å²) in [5.74, 6) is 3.72. The maximum Gasteiger partial charge on any atom is 0.323 e. The Balaban J connectivity index is 1.70. The SMILES string of the molecule is CCOc1nc(NC)nc(NC(C)C2CC3CCC2C3)n1. The molecule has 0 aromatic carbocycles. The van der Waals surface area contributed by atoms with Crippen LogP contribution in [0.15, 0.2) is 0 Å². The third kappa shape index (κ3) is 3.04. The summed E-state index contributed by atoms with van der Waals surface area (Å²) in [6.07, 6.45) is 5.59. The highest BCUT2D eigenvalue weighted by Crippen LogP contribution is 2.49. The Labute approximate surface area is 126 Å². The lowest BCUT2D eigenvalue weighted by molar-refractivity contribution is 0.301. The summed E-state index contributed by atoms with van der Waals surface area (Å²) >= 11 is 0.